The predicted octanol–water partition coefficient (Wildman–Crippen LogP) is 3.20. The van der Waals surface area contributed by atoms with E-state index in [1.165, 1.54) is 13.8 Å². The summed E-state index contributed by atoms with van der Waals surface area (Å²) in [5.74, 6) is -1.61. The molecule has 10 heteroatoms. The lowest BCUT2D eigenvalue weighted by Gasteiger charge is -2.19. The predicted molar refractivity (Wildman–Crippen MR) is 74.3 cm³/mol. The van der Waals surface area contributed by atoms with Gasteiger partial charge in [0.25, 0.3) is 5.91 Å². The Balaban J connectivity index is 2.54. The fourth-order valence-electron chi connectivity index (χ4n) is 1.89. The van der Waals surface area contributed by atoms with Crippen LogP contribution in [0.3, 0.4) is 0 Å². The van der Waals surface area contributed by atoms with E-state index in [-0.39, 0.29) is 18.2 Å². The Bertz CT molecular complexity index is 758. The van der Waals surface area contributed by atoms with Crippen molar-refractivity contribution in [2.45, 2.75) is 20.0 Å². The Kier molecular flexibility index (Phi) is 4.86. The number of ether oxygens (including phenoxy) is 1. The van der Waals surface area contributed by atoms with E-state index in [1.807, 2.05) is 0 Å². The Morgan fingerprint density at radius 2 is 2.08 bits per heavy atom. The standard InChI is InChI=1S/C14H12F3N3O4/c1-3-23-13(22)20(12-8(2)19-7-24-12)11(21)9-6-18-5-4-10(9)14(15,16)17/h4-7H,3H2,1-2H3. The summed E-state index contributed by atoms with van der Waals surface area (Å²) in [5, 5.41) is 0. The van der Waals surface area contributed by atoms with E-state index in [4.69, 9.17) is 9.15 Å². The minimum Gasteiger partial charge on any atom is -0.449 e. The van der Waals surface area contributed by atoms with Crippen molar-refractivity contribution in [2.24, 2.45) is 0 Å². The van der Waals surface area contributed by atoms with E-state index in [2.05, 4.69) is 9.97 Å². The molecule has 2 aromatic rings. The van der Waals surface area contributed by atoms with Crippen molar-refractivity contribution in [3.63, 3.8) is 0 Å². The van der Waals surface area contributed by atoms with Crippen molar-refractivity contribution in [2.75, 3.05) is 11.5 Å². The Morgan fingerprint density at radius 3 is 2.62 bits per heavy atom. The maximum atomic E-state index is 13.1. The molecule has 0 unspecified atom stereocenters. The van der Waals surface area contributed by atoms with Crippen LogP contribution in [0.15, 0.2) is 29.3 Å². The number of hydrogen-bond acceptors (Lipinski definition) is 6. The number of halogens is 3. The maximum absolute atomic E-state index is 13.1. The third-order valence-corrected chi connectivity index (χ3v) is 2.93. The lowest BCUT2D eigenvalue weighted by atomic mass is 10.1. The van der Waals surface area contributed by atoms with Crippen LogP contribution in [0.25, 0.3) is 0 Å². The minimum atomic E-state index is -4.80. The second kappa shape index (κ2) is 6.69. The molecule has 0 radical (unpaired) electrons. The highest BCUT2D eigenvalue weighted by Gasteiger charge is 2.39. The number of aromatic nitrogens is 2. The van der Waals surface area contributed by atoms with Crippen LogP contribution in [0, 0.1) is 6.92 Å². The van der Waals surface area contributed by atoms with Gasteiger partial charge in [-0.3, -0.25) is 9.78 Å². The van der Waals surface area contributed by atoms with Gasteiger partial charge in [-0.25, -0.2) is 9.78 Å². The van der Waals surface area contributed by atoms with Crippen LogP contribution in [-0.4, -0.2) is 28.6 Å². The Labute approximate surface area is 134 Å². The molecule has 0 aliphatic rings. The Hall–Kier alpha value is -2.91. The van der Waals surface area contributed by atoms with Gasteiger partial charge in [-0.2, -0.15) is 18.1 Å². The van der Waals surface area contributed by atoms with Crippen LogP contribution in [0.4, 0.5) is 23.8 Å². The first kappa shape index (κ1) is 17.4. The molecular formula is C14H12F3N3O4. The number of pyridine rings is 1. The number of aryl methyl sites for hydroxylation is 1. The molecule has 0 fully saturated rings. The Morgan fingerprint density at radius 1 is 1.38 bits per heavy atom. The van der Waals surface area contributed by atoms with Crippen molar-refractivity contribution < 1.29 is 31.9 Å². The van der Waals surface area contributed by atoms with Gasteiger partial charge in [0.15, 0.2) is 6.39 Å². The number of imide groups is 1. The zero-order valence-corrected chi connectivity index (χ0v) is 12.6. The van der Waals surface area contributed by atoms with Crippen molar-refractivity contribution in [1.29, 1.82) is 0 Å². The van der Waals surface area contributed by atoms with Crippen molar-refractivity contribution in [3.8, 4) is 0 Å². The molecular weight excluding hydrogens is 331 g/mol. The van der Waals surface area contributed by atoms with Gasteiger partial charge in [0, 0.05) is 12.4 Å². The molecule has 0 spiro atoms. The fourth-order valence-corrected chi connectivity index (χ4v) is 1.89. The molecule has 0 saturated carbocycles. The van der Waals surface area contributed by atoms with E-state index in [0.29, 0.717) is 11.0 Å². The molecule has 2 heterocycles. The van der Waals surface area contributed by atoms with E-state index in [0.717, 1.165) is 18.8 Å². The molecule has 7 nitrogen and oxygen atoms in total. The molecule has 0 bridgehead atoms. The van der Waals surface area contributed by atoms with Gasteiger partial charge >= 0.3 is 12.3 Å². The summed E-state index contributed by atoms with van der Waals surface area (Å²) in [4.78, 5) is 32.2. The third kappa shape index (κ3) is 3.36. The van der Waals surface area contributed by atoms with Crippen LogP contribution in [-0.2, 0) is 10.9 Å². The number of rotatable bonds is 3. The largest absolute Gasteiger partial charge is 0.449 e. The zero-order valence-electron chi connectivity index (χ0n) is 12.6. The fraction of sp³-hybridized carbons (Fsp3) is 0.286. The summed E-state index contributed by atoms with van der Waals surface area (Å²) in [7, 11) is 0. The van der Waals surface area contributed by atoms with Crippen molar-refractivity contribution in [3.05, 3.63) is 41.7 Å². The van der Waals surface area contributed by atoms with Gasteiger partial charge in [0.1, 0.15) is 5.69 Å². The van der Waals surface area contributed by atoms with Gasteiger partial charge in [0.05, 0.1) is 17.7 Å². The maximum Gasteiger partial charge on any atom is 0.424 e. The topological polar surface area (TPSA) is 85.5 Å². The summed E-state index contributed by atoms with van der Waals surface area (Å²) in [5.41, 5.74) is -1.91. The van der Waals surface area contributed by atoms with Crippen molar-refractivity contribution in [1.82, 2.24) is 9.97 Å². The van der Waals surface area contributed by atoms with E-state index in [1.54, 1.807) is 0 Å². The molecule has 0 aliphatic heterocycles. The highest BCUT2D eigenvalue weighted by Crippen LogP contribution is 2.33. The normalized spacial score (nSPS) is 11.2. The number of nitrogens with zero attached hydrogens (tertiary/aromatic N) is 3. The number of amides is 2. The number of anilines is 1. The quantitative estimate of drug-likeness (QED) is 0.851. The molecule has 0 saturated heterocycles. The molecule has 0 aromatic carbocycles. The average molecular weight is 343 g/mol. The lowest BCUT2D eigenvalue weighted by molar-refractivity contribution is -0.138. The lowest BCUT2D eigenvalue weighted by Crippen LogP contribution is -2.38. The number of carbonyl (C=O) groups is 2. The summed E-state index contributed by atoms with van der Waals surface area (Å²) in [6.45, 7) is 2.82. The number of alkyl halides is 3. The molecule has 0 aliphatic carbocycles. The van der Waals surface area contributed by atoms with Gasteiger partial charge in [0.2, 0.25) is 5.88 Å². The number of oxazole rings is 1. The van der Waals surface area contributed by atoms with Gasteiger partial charge < -0.3 is 9.15 Å². The first-order valence-electron chi connectivity index (χ1n) is 6.69. The molecule has 0 N–H and O–H groups in total. The zero-order chi connectivity index (χ0) is 17.9. The summed E-state index contributed by atoms with van der Waals surface area (Å²) in [6.07, 6.45) is -3.40. The van der Waals surface area contributed by atoms with E-state index < -0.39 is 29.3 Å². The number of hydrogen-bond donors (Lipinski definition) is 0. The van der Waals surface area contributed by atoms with Crippen molar-refractivity contribution >= 4 is 17.9 Å². The van der Waals surface area contributed by atoms with E-state index >= 15 is 0 Å². The van der Waals surface area contributed by atoms with Crippen LogP contribution in [0.1, 0.15) is 28.5 Å². The van der Waals surface area contributed by atoms with Crippen LogP contribution in [0.2, 0.25) is 0 Å². The molecule has 0 atom stereocenters. The number of carbonyl (C=O) groups excluding carboxylic acids is 2. The highest BCUT2D eigenvalue weighted by molar-refractivity contribution is 6.19. The highest BCUT2D eigenvalue weighted by atomic mass is 19.4. The summed E-state index contributed by atoms with van der Waals surface area (Å²) >= 11 is 0. The molecule has 128 valence electrons. The SMILES string of the molecule is CCOC(=O)N(C(=O)c1cnccc1C(F)(F)F)c1ocnc1C. The monoisotopic (exact) mass is 343 g/mol. The smallest absolute Gasteiger partial charge is 0.424 e. The molecule has 2 amide bonds. The third-order valence-electron chi connectivity index (χ3n) is 2.93. The van der Waals surface area contributed by atoms with E-state index in [9.17, 15) is 22.8 Å². The van der Waals surface area contributed by atoms with Crippen LogP contribution >= 0.6 is 0 Å². The second-order valence-electron chi connectivity index (χ2n) is 4.50. The molecule has 24 heavy (non-hydrogen) atoms. The minimum absolute atomic E-state index is 0.0883. The molecule has 2 rings (SSSR count). The van der Waals surface area contributed by atoms with Gasteiger partial charge in [-0.15, -0.1) is 0 Å². The average Bonchev–Trinajstić information content (AvgIpc) is 2.93. The first-order chi connectivity index (χ1) is 11.3. The van der Waals surface area contributed by atoms with Gasteiger partial charge in [-0.05, 0) is 19.9 Å². The summed E-state index contributed by atoms with van der Waals surface area (Å²) in [6, 6.07) is 0.643. The van der Waals surface area contributed by atoms with Crippen LogP contribution in [0.5, 0.6) is 0 Å². The van der Waals surface area contributed by atoms with Gasteiger partial charge in [-0.1, -0.05) is 0 Å². The summed E-state index contributed by atoms with van der Waals surface area (Å²) < 4.78 is 49.0. The first-order valence-corrected chi connectivity index (χ1v) is 6.69. The van der Waals surface area contributed by atoms with Crippen LogP contribution < -0.4 is 4.90 Å². The second-order valence-corrected chi connectivity index (χ2v) is 4.50. The molecule has 2 aromatic heterocycles.